The molecule has 22 heavy (non-hydrogen) atoms. The number of nitro benzene ring substituents is 1. The van der Waals surface area contributed by atoms with Gasteiger partial charge in [0.25, 0.3) is 0 Å². The summed E-state index contributed by atoms with van der Waals surface area (Å²) < 4.78 is 5.06. The molecule has 1 aliphatic rings. The van der Waals surface area contributed by atoms with Crippen molar-refractivity contribution in [3.8, 4) is 5.75 Å². The van der Waals surface area contributed by atoms with Gasteiger partial charge < -0.3 is 10.1 Å². The van der Waals surface area contributed by atoms with Crippen molar-refractivity contribution in [2.75, 3.05) is 33.3 Å². The van der Waals surface area contributed by atoms with Crippen molar-refractivity contribution in [1.29, 1.82) is 0 Å². The van der Waals surface area contributed by atoms with E-state index in [2.05, 4.69) is 17.1 Å². The van der Waals surface area contributed by atoms with Crippen LogP contribution in [0.2, 0.25) is 0 Å². The lowest BCUT2D eigenvalue weighted by molar-refractivity contribution is -0.385. The Hall–Kier alpha value is -1.08. The number of benzene rings is 1. The van der Waals surface area contributed by atoms with Gasteiger partial charge in [0, 0.05) is 38.3 Å². The molecule has 1 aromatic carbocycles. The van der Waals surface area contributed by atoms with Gasteiger partial charge in [-0.25, -0.2) is 0 Å². The number of piperazine rings is 1. The molecule has 0 unspecified atom stereocenters. The van der Waals surface area contributed by atoms with E-state index in [9.17, 15) is 10.1 Å². The summed E-state index contributed by atoms with van der Waals surface area (Å²) in [5.41, 5.74) is 1.03. The Morgan fingerprint density at radius 3 is 2.50 bits per heavy atom. The first kappa shape index (κ1) is 20.9. The fraction of sp³-hybridized carbons (Fsp3) is 0.571. The van der Waals surface area contributed by atoms with E-state index >= 15 is 0 Å². The summed E-state index contributed by atoms with van der Waals surface area (Å²) in [5, 5.41) is 14.4. The van der Waals surface area contributed by atoms with Gasteiger partial charge in [0.2, 0.25) is 0 Å². The minimum atomic E-state index is -0.382. The molecule has 2 rings (SSSR count). The first-order valence-corrected chi connectivity index (χ1v) is 6.94. The van der Waals surface area contributed by atoms with Crippen LogP contribution in [0.15, 0.2) is 18.2 Å². The third-order valence-electron chi connectivity index (χ3n) is 3.76. The van der Waals surface area contributed by atoms with Crippen molar-refractivity contribution < 1.29 is 9.66 Å². The van der Waals surface area contributed by atoms with Gasteiger partial charge in [0.15, 0.2) is 5.75 Å². The Morgan fingerprint density at radius 1 is 1.36 bits per heavy atom. The smallest absolute Gasteiger partial charge is 0.311 e. The highest BCUT2D eigenvalue weighted by Crippen LogP contribution is 2.33. The molecule has 1 atom stereocenters. The molecule has 0 radical (unpaired) electrons. The molecule has 8 heteroatoms. The minimum absolute atomic E-state index is 0. The van der Waals surface area contributed by atoms with Crippen molar-refractivity contribution in [1.82, 2.24) is 10.2 Å². The molecule has 0 amide bonds. The fourth-order valence-corrected chi connectivity index (χ4v) is 2.76. The molecular weight excluding hydrogens is 329 g/mol. The number of nitro groups is 1. The van der Waals surface area contributed by atoms with Crippen LogP contribution in [0.25, 0.3) is 0 Å². The Bertz CT molecular complexity index is 482. The number of nitrogens with one attached hydrogen (secondary N) is 1. The SMILES string of the molecule is CC[C@@H](c1ccc(OC)c([N+](=O)[O-])c1)N1CCNCC1.Cl.Cl. The fourth-order valence-electron chi connectivity index (χ4n) is 2.76. The molecule has 0 saturated carbocycles. The van der Waals surface area contributed by atoms with Gasteiger partial charge in [-0.1, -0.05) is 13.0 Å². The van der Waals surface area contributed by atoms with Crippen LogP contribution in [0.5, 0.6) is 5.75 Å². The minimum Gasteiger partial charge on any atom is -0.490 e. The predicted molar refractivity (Wildman–Crippen MR) is 91.6 cm³/mol. The zero-order chi connectivity index (χ0) is 14.5. The van der Waals surface area contributed by atoms with Crippen molar-refractivity contribution in [2.45, 2.75) is 19.4 Å². The maximum absolute atomic E-state index is 11.1. The standard InChI is InChI=1S/C14H21N3O3.2ClH/c1-3-12(16-8-6-15-7-9-16)11-4-5-14(20-2)13(10-11)17(18)19;;/h4-5,10,12,15H,3,6-9H2,1-2H3;2*1H/t12-;;/m0../s1. The van der Waals surface area contributed by atoms with Crippen LogP contribution in [0, 0.1) is 10.1 Å². The number of ether oxygens (including phenoxy) is 1. The van der Waals surface area contributed by atoms with Crippen LogP contribution in [-0.4, -0.2) is 43.1 Å². The summed E-state index contributed by atoms with van der Waals surface area (Å²) in [6.45, 7) is 5.99. The lowest BCUT2D eigenvalue weighted by Gasteiger charge is -2.34. The van der Waals surface area contributed by atoms with Gasteiger partial charge in [0.05, 0.1) is 12.0 Å². The van der Waals surface area contributed by atoms with Crippen LogP contribution in [0.3, 0.4) is 0 Å². The average Bonchev–Trinajstić information content (AvgIpc) is 2.49. The van der Waals surface area contributed by atoms with Crippen molar-refractivity contribution in [3.05, 3.63) is 33.9 Å². The molecule has 1 N–H and O–H groups in total. The molecule has 1 fully saturated rings. The lowest BCUT2D eigenvalue weighted by Crippen LogP contribution is -2.45. The van der Waals surface area contributed by atoms with Crippen molar-refractivity contribution in [2.24, 2.45) is 0 Å². The zero-order valence-corrected chi connectivity index (χ0v) is 14.4. The maximum Gasteiger partial charge on any atom is 0.311 e. The molecule has 1 aromatic rings. The highest BCUT2D eigenvalue weighted by atomic mass is 35.5. The van der Waals surface area contributed by atoms with E-state index in [1.807, 2.05) is 6.07 Å². The van der Waals surface area contributed by atoms with Gasteiger partial charge in [-0.15, -0.1) is 24.8 Å². The molecule has 1 saturated heterocycles. The summed E-state index contributed by atoms with van der Waals surface area (Å²) >= 11 is 0. The quantitative estimate of drug-likeness (QED) is 0.652. The van der Waals surface area contributed by atoms with E-state index in [1.54, 1.807) is 12.1 Å². The second-order valence-corrected chi connectivity index (χ2v) is 4.90. The molecule has 0 aliphatic carbocycles. The van der Waals surface area contributed by atoms with Crippen LogP contribution in [0.1, 0.15) is 24.9 Å². The average molecular weight is 352 g/mol. The highest BCUT2D eigenvalue weighted by Gasteiger charge is 2.24. The van der Waals surface area contributed by atoms with E-state index in [1.165, 1.54) is 7.11 Å². The molecule has 6 nitrogen and oxygen atoms in total. The Labute approximate surface area is 143 Å². The Kier molecular flexibility index (Phi) is 9.36. The zero-order valence-electron chi connectivity index (χ0n) is 12.8. The summed E-state index contributed by atoms with van der Waals surface area (Å²) in [7, 11) is 1.45. The molecule has 0 aromatic heterocycles. The van der Waals surface area contributed by atoms with Gasteiger partial charge >= 0.3 is 5.69 Å². The molecular formula is C14H23Cl2N3O3. The van der Waals surface area contributed by atoms with Crippen LogP contribution >= 0.6 is 24.8 Å². The van der Waals surface area contributed by atoms with Gasteiger partial charge in [-0.2, -0.15) is 0 Å². The third-order valence-corrected chi connectivity index (χ3v) is 3.76. The second kappa shape index (κ2) is 9.84. The summed E-state index contributed by atoms with van der Waals surface area (Å²) in [4.78, 5) is 13.1. The number of hydrogen-bond acceptors (Lipinski definition) is 5. The van der Waals surface area contributed by atoms with Crippen LogP contribution in [-0.2, 0) is 0 Å². The van der Waals surface area contributed by atoms with Crippen LogP contribution in [0.4, 0.5) is 5.69 Å². The number of methoxy groups -OCH3 is 1. The predicted octanol–water partition coefficient (Wildman–Crippen LogP) is 2.80. The van der Waals surface area contributed by atoms with Crippen molar-refractivity contribution >= 4 is 30.5 Å². The van der Waals surface area contributed by atoms with Crippen LogP contribution < -0.4 is 10.1 Å². The molecule has 0 bridgehead atoms. The Balaban J connectivity index is 0.00000220. The van der Waals surface area contributed by atoms with E-state index in [4.69, 9.17) is 4.74 Å². The van der Waals surface area contributed by atoms with Gasteiger partial charge in [-0.05, 0) is 18.1 Å². The van der Waals surface area contributed by atoms with E-state index in [0.717, 1.165) is 38.2 Å². The molecule has 0 spiro atoms. The lowest BCUT2D eigenvalue weighted by atomic mass is 10.0. The topological polar surface area (TPSA) is 67.6 Å². The summed E-state index contributed by atoms with van der Waals surface area (Å²) in [5.74, 6) is 0.314. The number of nitrogens with zero attached hydrogens (tertiary/aromatic N) is 2. The van der Waals surface area contributed by atoms with E-state index < -0.39 is 0 Å². The van der Waals surface area contributed by atoms with E-state index in [-0.39, 0.29) is 41.5 Å². The number of rotatable bonds is 5. The largest absolute Gasteiger partial charge is 0.490 e. The Morgan fingerprint density at radius 2 is 2.00 bits per heavy atom. The van der Waals surface area contributed by atoms with E-state index in [0.29, 0.717) is 5.75 Å². The number of hydrogen-bond donors (Lipinski definition) is 1. The summed E-state index contributed by atoms with van der Waals surface area (Å²) in [6.07, 6.45) is 0.934. The maximum atomic E-state index is 11.1. The monoisotopic (exact) mass is 351 g/mol. The highest BCUT2D eigenvalue weighted by molar-refractivity contribution is 5.85. The number of halogens is 2. The molecule has 126 valence electrons. The first-order valence-electron chi connectivity index (χ1n) is 6.94. The van der Waals surface area contributed by atoms with Gasteiger partial charge in [-0.3, -0.25) is 15.0 Å². The van der Waals surface area contributed by atoms with Crippen molar-refractivity contribution in [3.63, 3.8) is 0 Å². The molecule has 1 heterocycles. The normalized spacial score (nSPS) is 16.1. The first-order chi connectivity index (χ1) is 9.67. The molecule has 1 aliphatic heterocycles. The van der Waals surface area contributed by atoms with Gasteiger partial charge in [0.1, 0.15) is 0 Å². The third kappa shape index (κ3) is 4.71. The second-order valence-electron chi connectivity index (χ2n) is 4.90. The summed E-state index contributed by atoms with van der Waals surface area (Å²) in [6, 6.07) is 5.50.